The number of hydrogen-bond donors (Lipinski definition) is 0. The predicted octanol–water partition coefficient (Wildman–Crippen LogP) is -0.365. The molecular formula is C4H6O3S2. The lowest BCUT2D eigenvalue weighted by Gasteiger charge is -2.08. The van der Waals surface area contributed by atoms with Crippen molar-refractivity contribution in [2.45, 2.75) is 0 Å². The van der Waals surface area contributed by atoms with Crippen molar-refractivity contribution >= 4 is 21.0 Å². The van der Waals surface area contributed by atoms with Crippen molar-refractivity contribution in [3.63, 3.8) is 0 Å². The summed E-state index contributed by atoms with van der Waals surface area (Å²) in [6.45, 7) is 0. The Morgan fingerprint density at radius 3 is 2.56 bits per heavy atom. The van der Waals surface area contributed by atoms with Gasteiger partial charge in [-0.25, -0.2) is 8.42 Å². The molecule has 52 valence electrons. The van der Waals surface area contributed by atoms with Crippen LogP contribution >= 0.6 is 0 Å². The minimum atomic E-state index is -2.99. The molecule has 1 rings (SSSR count). The van der Waals surface area contributed by atoms with E-state index in [1.54, 1.807) is 0 Å². The molecule has 0 radical (unpaired) electrons. The summed E-state index contributed by atoms with van der Waals surface area (Å²) in [5.41, 5.74) is 0. The lowest BCUT2D eigenvalue weighted by Crippen LogP contribution is -2.18. The fourth-order valence-corrected chi connectivity index (χ4v) is 3.51. The number of rotatable bonds is 0. The fraction of sp³-hybridized carbons (Fsp3) is 0.500. The Morgan fingerprint density at radius 2 is 2.22 bits per heavy atom. The molecule has 1 atom stereocenters. The topological polar surface area (TPSA) is 57.2 Å². The van der Waals surface area contributed by atoms with Crippen LogP contribution in [0.15, 0.2) is 10.8 Å². The van der Waals surface area contributed by atoms with E-state index in [0.29, 0.717) is 0 Å². The second-order valence-electron chi connectivity index (χ2n) is 1.72. The van der Waals surface area contributed by atoms with Crippen molar-refractivity contribution in [2.75, 3.05) is 11.5 Å². The summed E-state index contributed by atoms with van der Waals surface area (Å²) in [7, 11) is -2.99. The molecule has 1 aliphatic heterocycles. The van der Waals surface area contributed by atoms with E-state index in [9.17, 15) is 13.0 Å². The lowest BCUT2D eigenvalue weighted by atomic mass is 11.0. The van der Waals surface area contributed by atoms with Gasteiger partial charge in [0.15, 0.2) is 9.84 Å². The Balaban J connectivity index is 2.82. The summed E-state index contributed by atoms with van der Waals surface area (Å²) in [6, 6.07) is 0. The monoisotopic (exact) mass is 166 g/mol. The highest BCUT2D eigenvalue weighted by Gasteiger charge is 2.17. The molecule has 0 N–H and O–H groups in total. The van der Waals surface area contributed by atoms with E-state index < -0.39 is 21.0 Å². The standard InChI is InChI=1S/C4H6O3S2/c5-8-1-3-9(6,7)4-2-8/h1,3H,2,4H2. The van der Waals surface area contributed by atoms with Gasteiger partial charge in [0.1, 0.15) is 11.2 Å². The Labute approximate surface area is 56.9 Å². The summed E-state index contributed by atoms with van der Waals surface area (Å²) in [4.78, 5) is 0. The van der Waals surface area contributed by atoms with E-state index >= 15 is 0 Å². The van der Waals surface area contributed by atoms with E-state index in [4.69, 9.17) is 0 Å². The molecule has 0 aromatic heterocycles. The van der Waals surface area contributed by atoms with Crippen molar-refractivity contribution < 1.29 is 13.0 Å². The summed E-state index contributed by atoms with van der Waals surface area (Å²) >= 11 is -1.05. The number of sulfone groups is 1. The average molecular weight is 166 g/mol. The minimum Gasteiger partial charge on any atom is -0.612 e. The van der Waals surface area contributed by atoms with Crippen molar-refractivity contribution in [1.82, 2.24) is 0 Å². The van der Waals surface area contributed by atoms with E-state index in [0.717, 1.165) is 5.41 Å². The van der Waals surface area contributed by atoms with Gasteiger partial charge in [-0.2, -0.15) is 0 Å². The maximum absolute atomic E-state index is 10.6. The molecule has 1 heterocycles. The largest absolute Gasteiger partial charge is 0.612 e. The second kappa shape index (κ2) is 2.32. The second-order valence-corrected chi connectivity index (χ2v) is 5.17. The van der Waals surface area contributed by atoms with Gasteiger partial charge in [-0.1, -0.05) is 0 Å². The predicted molar refractivity (Wildman–Crippen MR) is 35.9 cm³/mol. The van der Waals surface area contributed by atoms with Crippen molar-refractivity contribution in [1.29, 1.82) is 0 Å². The van der Waals surface area contributed by atoms with Crippen LogP contribution < -0.4 is 0 Å². The third-order valence-electron chi connectivity index (χ3n) is 0.984. The van der Waals surface area contributed by atoms with Crippen LogP contribution in [0.4, 0.5) is 0 Å². The maximum Gasteiger partial charge on any atom is 0.180 e. The van der Waals surface area contributed by atoms with E-state index in [1.807, 2.05) is 0 Å². The molecule has 5 heteroatoms. The van der Waals surface area contributed by atoms with Gasteiger partial charge in [-0.05, 0) is 11.2 Å². The first-order valence-electron chi connectivity index (χ1n) is 2.38. The SMILES string of the molecule is O=S1(=O)C=C[S+]([O-])CC1. The summed E-state index contributed by atoms with van der Waals surface area (Å²) < 4.78 is 31.7. The zero-order chi connectivity index (χ0) is 6.91. The van der Waals surface area contributed by atoms with Crippen LogP contribution in [0.2, 0.25) is 0 Å². The number of hydrogen-bond acceptors (Lipinski definition) is 3. The van der Waals surface area contributed by atoms with Crippen molar-refractivity contribution in [2.24, 2.45) is 0 Å². The smallest absolute Gasteiger partial charge is 0.180 e. The Kier molecular flexibility index (Phi) is 1.83. The summed E-state index contributed by atoms with van der Waals surface area (Å²) in [5.74, 6) is 0.273. The van der Waals surface area contributed by atoms with Crippen LogP contribution in [0.1, 0.15) is 0 Å². The van der Waals surface area contributed by atoms with E-state index in [-0.39, 0.29) is 11.5 Å². The fourth-order valence-electron chi connectivity index (χ4n) is 0.481. The van der Waals surface area contributed by atoms with E-state index in [1.165, 1.54) is 5.41 Å². The van der Waals surface area contributed by atoms with Crippen LogP contribution in [-0.4, -0.2) is 24.5 Å². The van der Waals surface area contributed by atoms with Crippen LogP contribution in [0.3, 0.4) is 0 Å². The minimum absolute atomic E-state index is 0.0239. The Hall–Kier alpha value is -0.0000000000000000763. The highest BCUT2D eigenvalue weighted by molar-refractivity contribution is 8.01. The molecule has 0 saturated carbocycles. The molecule has 1 unspecified atom stereocenters. The molecule has 1 aliphatic rings. The molecular weight excluding hydrogens is 160 g/mol. The summed E-state index contributed by atoms with van der Waals surface area (Å²) in [6.07, 6.45) is 0. The first-order chi connectivity index (χ1) is 4.10. The first-order valence-corrected chi connectivity index (χ1v) is 5.48. The Morgan fingerprint density at radius 1 is 1.56 bits per heavy atom. The van der Waals surface area contributed by atoms with Gasteiger partial charge in [0.25, 0.3) is 0 Å². The lowest BCUT2D eigenvalue weighted by molar-refractivity contribution is 0.594. The zero-order valence-corrected chi connectivity index (χ0v) is 6.24. The quantitative estimate of drug-likeness (QED) is 0.461. The first kappa shape index (κ1) is 7.11. The van der Waals surface area contributed by atoms with Gasteiger partial charge in [0.2, 0.25) is 0 Å². The Bertz CT molecular complexity index is 216. The molecule has 9 heavy (non-hydrogen) atoms. The zero-order valence-electron chi connectivity index (χ0n) is 4.61. The van der Waals surface area contributed by atoms with Crippen LogP contribution in [0.5, 0.6) is 0 Å². The maximum atomic E-state index is 10.6. The average Bonchev–Trinajstić information content (AvgIpc) is 1.78. The van der Waals surface area contributed by atoms with Gasteiger partial charge in [-0.15, -0.1) is 0 Å². The van der Waals surface area contributed by atoms with E-state index in [2.05, 4.69) is 0 Å². The molecule has 0 aliphatic carbocycles. The van der Waals surface area contributed by atoms with Gasteiger partial charge in [0, 0.05) is 0 Å². The third kappa shape index (κ3) is 2.00. The van der Waals surface area contributed by atoms with Gasteiger partial charge < -0.3 is 4.55 Å². The van der Waals surface area contributed by atoms with Gasteiger partial charge in [-0.3, -0.25) is 0 Å². The molecule has 0 aromatic rings. The van der Waals surface area contributed by atoms with Gasteiger partial charge >= 0.3 is 0 Å². The molecule has 0 aromatic carbocycles. The van der Waals surface area contributed by atoms with Crippen LogP contribution in [0, 0.1) is 0 Å². The summed E-state index contributed by atoms with van der Waals surface area (Å²) in [5, 5.41) is 2.24. The van der Waals surface area contributed by atoms with Crippen LogP contribution in [-0.2, 0) is 21.0 Å². The molecule has 0 fully saturated rings. The molecule has 0 amide bonds. The van der Waals surface area contributed by atoms with Gasteiger partial charge in [0.05, 0.1) is 11.2 Å². The molecule has 0 spiro atoms. The highest BCUT2D eigenvalue weighted by Crippen LogP contribution is 2.06. The van der Waals surface area contributed by atoms with Crippen molar-refractivity contribution in [3.8, 4) is 0 Å². The highest BCUT2D eigenvalue weighted by atomic mass is 32.2. The van der Waals surface area contributed by atoms with Crippen LogP contribution in [0.25, 0.3) is 0 Å². The third-order valence-corrected chi connectivity index (χ3v) is 3.78. The van der Waals surface area contributed by atoms with Crippen molar-refractivity contribution in [3.05, 3.63) is 10.8 Å². The molecule has 0 saturated heterocycles. The molecule has 3 nitrogen and oxygen atoms in total. The normalized spacial score (nSPS) is 32.3. The molecule has 0 bridgehead atoms.